The Bertz CT molecular complexity index is 784. The lowest BCUT2D eigenvalue weighted by Crippen LogP contribution is -2.43. The van der Waals surface area contributed by atoms with Crippen LogP contribution in [-0.2, 0) is 5.60 Å². The van der Waals surface area contributed by atoms with Gasteiger partial charge in [0.25, 0.3) is 0 Å². The molecule has 2 atom stereocenters. The zero-order valence-corrected chi connectivity index (χ0v) is 19.0. The van der Waals surface area contributed by atoms with Crippen molar-refractivity contribution >= 4 is 17.3 Å². The lowest BCUT2D eigenvalue weighted by Gasteiger charge is -2.29. The molecule has 0 saturated carbocycles. The van der Waals surface area contributed by atoms with E-state index in [1.807, 2.05) is 36.6 Å². The summed E-state index contributed by atoms with van der Waals surface area (Å²) in [4.78, 5) is 8.13. The van der Waals surface area contributed by atoms with Crippen LogP contribution in [0.3, 0.4) is 0 Å². The van der Waals surface area contributed by atoms with Gasteiger partial charge in [0.15, 0.2) is 5.96 Å². The number of rotatable bonds is 9. The summed E-state index contributed by atoms with van der Waals surface area (Å²) in [5.74, 6) is 1.60. The molecule has 1 fully saturated rings. The molecule has 3 rings (SSSR count). The molecule has 6 nitrogen and oxygen atoms in total. The van der Waals surface area contributed by atoms with Crippen molar-refractivity contribution in [3.8, 4) is 5.75 Å². The molecule has 7 heteroatoms. The first-order valence-corrected chi connectivity index (χ1v) is 11.6. The van der Waals surface area contributed by atoms with E-state index in [1.165, 1.54) is 18.4 Å². The summed E-state index contributed by atoms with van der Waals surface area (Å²) in [5, 5.41) is 19.6. The molecule has 0 bridgehead atoms. The highest BCUT2D eigenvalue weighted by atomic mass is 32.1. The van der Waals surface area contributed by atoms with Gasteiger partial charge in [0.05, 0.1) is 19.7 Å². The lowest BCUT2D eigenvalue weighted by atomic mass is 10.1. The first kappa shape index (κ1) is 22.6. The Hall–Kier alpha value is -2.09. The van der Waals surface area contributed by atoms with E-state index < -0.39 is 5.60 Å². The molecule has 1 saturated heterocycles. The molecule has 2 aromatic rings. The number of thiophene rings is 1. The Kier molecular flexibility index (Phi) is 8.13. The summed E-state index contributed by atoms with van der Waals surface area (Å²) in [7, 11) is 1.69. The van der Waals surface area contributed by atoms with E-state index in [0.717, 1.165) is 42.8 Å². The van der Waals surface area contributed by atoms with Gasteiger partial charge >= 0.3 is 0 Å². The Labute approximate surface area is 184 Å². The number of nitrogens with zero attached hydrogens (tertiary/aromatic N) is 2. The maximum Gasteiger partial charge on any atom is 0.191 e. The van der Waals surface area contributed by atoms with Crippen molar-refractivity contribution in [3.05, 3.63) is 52.2 Å². The molecule has 2 heterocycles. The minimum atomic E-state index is -0.971. The third kappa shape index (κ3) is 5.97. The first-order valence-electron chi connectivity index (χ1n) is 10.7. The Morgan fingerprint density at radius 2 is 1.97 bits per heavy atom. The summed E-state index contributed by atoms with van der Waals surface area (Å²) >= 11 is 1.55. The van der Waals surface area contributed by atoms with E-state index in [4.69, 9.17) is 4.74 Å². The van der Waals surface area contributed by atoms with Crippen LogP contribution in [0.5, 0.6) is 5.75 Å². The van der Waals surface area contributed by atoms with Crippen LogP contribution >= 0.6 is 11.3 Å². The molecule has 164 valence electrons. The standard InChI is InChI=1S/C23H34N4O2S/c1-4-24-22(26-17-23(2,28)21-8-7-15-30-21)25-16-20(27-13-5-6-14-27)18-9-11-19(29-3)12-10-18/h7-12,15,20,28H,4-6,13-14,16-17H2,1-3H3,(H2,24,25,26). The average molecular weight is 431 g/mol. The maximum absolute atomic E-state index is 10.8. The summed E-state index contributed by atoms with van der Waals surface area (Å²) < 4.78 is 5.32. The molecule has 3 N–H and O–H groups in total. The van der Waals surface area contributed by atoms with Crippen molar-refractivity contribution in [2.24, 2.45) is 4.99 Å². The lowest BCUT2D eigenvalue weighted by molar-refractivity contribution is 0.0711. The van der Waals surface area contributed by atoms with Crippen LogP contribution in [0.15, 0.2) is 46.8 Å². The number of ether oxygens (including phenoxy) is 1. The van der Waals surface area contributed by atoms with E-state index in [9.17, 15) is 5.11 Å². The molecular weight excluding hydrogens is 396 g/mol. The zero-order chi connectivity index (χ0) is 21.4. The monoisotopic (exact) mass is 430 g/mol. The van der Waals surface area contributed by atoms with Crippen LogP contribution in [0, 0.1) is 0 Å². The maximum atomic E-state index is 10.8. The predicted molar refractivity (Wildman–Crippen MR) is 124 cm³/mol. The van der Waals surface area contributed by atoms with Gasteiger partial charge in [-0.3, -0.25) is 4.90 Å². The molecule has 30 heavy (non-hydrogen) atoms. The van der Waals surface area contributed by atoms with E-state index in [0.29, 0.717) is 6.54 Å². The summed E-state index contributed by atoms with van der Waals surface area (Å²) in [6, 6.07) is 12.5. The first-order chi connectivity index (χ1) is 14.5. The van der Waals surface area contributed by atoms with E-state index in [-0.39, 0.29) is 6.04 Å². The van der Waals surface area contributed by atoms with Crippen molar-refractivity contribution < 1.29 is 9.84 Å². The second-order valence-corrected chi connectivity index (χ2v) is 8.81. The van der Waals surface area contributed by atoms with Gasteiger partial charge < -0.3 is 20.5 Å². The highest BCUT2D eigenvalue weighted by Gasteiger charge is 2.25. The molecule has 0 spiro atoms. The van der Waals surface area contributed by atoms with Crippen molar-refractivity contribution in [1.29, 1.82) is 0 Å². The average Bonchev–Trinajstić information content (AvgIpc) is 3.47. The van der Waals surface area contributed by atoms with Crippen molar-refractivity contribution in [1.82, 2.24) is 15.5 Å². The topological polar surface area (TPSA) is 69.1 Å². The van der Waals surface area contributed by atoms with Gasteiger partial charge in [0.1, 0.15) is 11.4 Å². The Morgan fingerprint density at radius 1 is 1.23 bits per heavy atom. The Morgan fingerprint density at radius 3 is 2.57 bits per heavy atom. The second-order valence-electron chi connectivity index (χ2n) is 7.86. The van der Waals surface area contributed by atoms with Crippen LogP contribution in [0.25, 0.3) is 0 Å². The normalized spacial score (nSPS) is 18.1. The zero-order valence-electron chi connectivity index (χ0n) is 18.2. The minimum absolute atomic E-state index is 0.264. The number of aliphatic hydroxyl groups is 1. The molecule has 0 aliphatic carbocycles. The van der Waals surface area contributed by atoms with Gasteiger partial charge in [-0.25, -0.2) is 4.99 Å². The quantitative estimate of drug-likeness (QED) is 0.420. The SMILES string of the molecule is CCNC(=NCC(C)(O)c1cccs1)NCC(c1ccc(OC)cc1)N1CCCC1. The summed E-state index contributed by atoms with van der Waals surface area (Å²) in [5.41, 5.74) is 0.299. The number of guanidine groups is 1. The van der Waals surface area contributed by atoms with Crippen LogP contribution in [0.2, 0.25) is 0 Å². The smallest absolute Gasteiger partial charge is 0.191 e. The van der Waals surface area contributed by atoms with Crippen LogP contribution in [-0.4, -0.2) is 55.8 Å². The number of hydrogen-bond acceptors (Lipinski definition) is 5. The number of benzene rings is 1. The molecule has 2 unspecified atom stereocenters. The predicted octanol–water partition coefficient (Wildman–Crippen LogP) is 3.36. The van der Waals surface area contributed by atoms with Crippen molar-refractivity contribution in [3.63, 3.8) is 0 Å². The van der Waals surface area contributed by atoms with E-state index >= 15 is 0 Å². The van der Waals surface area contributed by atoms with Gasteiger partial charge in [-0.15, -0.1) is 11.3 Å². The third-order valence-electron chi connectivity index (χ3n) is 5.49. The number of aliphatic imine (C=N–C) groups is 1. The van der Waals surface area contributed by atoms with Gasteiger partial charge in [0, 0.05) is 18.0 Å². The van der Waals surface area contributed by atoms with Gasteiger partial charge in [-0.05, 0) is 68.9 Å². The van der Waals surface area contributed by atoms with Crippen molar-refractivity contribution in [2.75, 3.05) is 39.8 Å². The molecule has 0 radical (unpaired) electrons. The molecule has 1 aromatic heterocycles. The number of hydrogen-bond donors (Lipinski definition) is 3. The largest absolute Gasteiger partial charge is 0.497 e. The van der Waals surface area contributed by atoms with Crippen LogP contribution in [0.1, 0.15) is 43.2 Å². The minimum Gasteiger partial charge on any atom is -0.497 e. The molecule has 0 amide bonds. The number of methoxy groups -OCH3 is 1. The molecule has 1 aliphatic rings. The second kappa shape index (κ2) is 10.8. The number of likely N-dealkylation sites (tertiary alicyclic amines) is 1. The number of nitrogens with one attached hydrogen (secondary N) is 2. The highest BCUT2D eigenvalue weighted by molar-refractivity contribution is 7.10. The van der Waals surface area contributed by atoms with Crippen LogP contribution < -0.4 is 15.4 Å². The Balaban J connectivity index is 1.70. The van der Waals surface area contributed by atoms with Gasteiger partial charge in [0.2, 0.25) is 0 Å². The van der Waals surface area contributed by atoms with Gasteiger partial charge in [-0.2, -0.15) is 0 Å². The highest BCUT2D eigenvalue weighted by Crippen LogP contribution is 2.27. The fourth-order valence-corrected chi connectivity index (χ4v) is 4.55. The van der Waals surface area contributed by atoms with E-state index in [2.05, 4.69) is 39.6 Å². The van der Waals surface area contributed by atoms with E-state index in [1.54, 1.807) is 18.4 Å². The molecular formula is C23H34N4O2S. The van der Waals surface area contributed by atoms with Crippen LogP contribution in [0.4, 0.5) is 0 Å². The fraction of sp³-hybridized carbons (Fsp3) is 0.522. The summed E-state index contributed by atoms with van der Waals surface area (Å²) in [6.45, 7) is 7.91. The van der Waals surface area contributed by atoms with Crippen molar-refractivity contribution in [2.45, 2.75) is 38.3 Å². The molecule has 1 aromatic carbocycles. The molecule has 1 aliphatic heterocycles. The third-order valence-corrected chi connectivity index (χ3v) is 6.61. The fourth-order valence-electron chi connectivity index (χ4n) is 3.77. The van der Waals surface area contributed by atoms with Gasteiger partial charge in [-0.1, -0.05) is 18.2 Å². The summed E-state index contributed by atoms with van der Waals surface area (Å²) in [6.07, 6.45) is 2.48.